The van der Waals surface area contributed by atoms with Gasteiger partial charge in [-0.25, -0.2) is 9.97 Å². The zero-order valence-electron chi connectivity index (χ0n) is 8.96. The van der Waals surface area contributed by atoms with Crippen molar-refractivity contribution in [2.75, 3.05) is 5.32 Å². The number of anilines is 1. The summed E-state index contributed by atoms with van der Waals surface area (Å²) in [6, 6.07) is 0.613. The monoisotopic (exact) mass is 317 g/mol. The normalized spacial score (nSPS) is 17.7. The second kappa shape index (κ2) is 5.09. The molecule has 0 aromatic carbocycles. The fraction of sp³-hybridized carbons (Fsp3) is 0.636. The van der Waals surface area contributed by atoms with Gasteiger partial charge in [-0.2, -0.15) is 0 Å². The Labute approximate surface area is 104 Å². The Morgan fingerprint density at radius 2 is 2.00 bits per heavy atom. The zero-order valence-corrected chi connectivity index (χ0v) is 11.1. The lowest BCUT2D eigenvalue weighted by Gasteiger charge is -2.23. The van der Waals surface area contributed by atoms with Crippen LogP contribution < -0.4 is 5.32 Å². The molecule has 0 amide bonds. The summed E-state index contributed by atoms with van der Waals surface area (Å²) >= 11 is 2.31. The zero-order chi connectivity index (χ0) is 10.7. The van der Waals surface area contributed by atoms with Crippen LogP contribution >= 0.6 is 22.6 Å². The van der Waals surface area contributed by atoms with E-state index >= 15 is 0 Å². The molecule has 1 aromatic rings. The van der Waals surface area contributed by atoms with Gasteiger partial charge >= 0.3 is 0 Å². The number of hydrogen-bond acceptors (Lipinski definition) is 3. The lowest BCUT2D eigenvalue weighted by molar-refractivity contribution is 0.461. The number of rotatable bonds is 2. The van der Waals surface area contributed by atoms with Gasteiger partial charge < -0.3 is 5.32 Å². The Balaban J connectivity index is 2.06. The van der Waals surface area contributed by atoms with Gasteiger partial charge in [-0.3, -0.25) is 0 Å². The highest BCUT2D eigenvalue weighted by Crippen LogP contribution is 2.23. The minimum atomic E-state index is 0.613. The summed E-state index contributed by atoms with van der Waals surface area (Å²) in [5, 5.41) is 3.53. The van der Waals surface area contributed by atoms with Crippen LogP contribution in [0.1, 0.15) is 37.8 Å². The molecular formula is C11H16IN3. The highest BCUT2D eigenvalue weighted by atomic mass is 127. The number of aryl methyl sites for hydroxylation is 1. The summed E-state index contributed by atoms with van der Waals surface area (Å²) in [6.45, 7) is 2.02. The second-order valence-corrected chi connectivity index (χ2v) is 5.18. The standard InChI is InChI=1S/C11H16IN3/c1-8-10(12)11(14-7-13-8)15-9-5-3-2-4-6-9/h7,9H,2-6H2,1H3,(H,13,14,15). The first-order valence-corrected chi connectivity index (χ1v) is 6.59. The molecule has 1 fully saturated rings. The van der Waals surface area contributed by atoms with Crippen LogP contribution in [0, 0.1) is 10.5 Å². The van der Waals surface area contributed by atoms with E-state index in [4.69, 9.17) is 0 Å². The van der Waals surface area contributed by atoms with E-state index in [2.05, 4.69) is 37.9 Å². The molecule has 1 aliphatic rings. The molecule has 0 atom stereocenters. The molecule has 82 valence electrons. The van der Waals surface area contributed by atoms with Gasteiger partial charge in [0.1, 0.15) is 12.1 Å². The lowest BCUT2D eigenvalue weighted by Crippen LogP contribution is -2.23. The molecule has 0 unspecified atom stereocenters. The minimum absolute atomic E-state index is 0.613. The lowest BCUT2D eigenvalue weighted by atomic mass is 9.95. The van der Waals surface area contributed by atoms with E-state index in [0.29, 0.717) is 6.04 Å². The number of aromatic nitrogens is 2. The van der Waals surface area contributed by atoms with Crippen molar-refractivity contribution in [2.24, 2.45) is 0 Å². The average Bonchev–Trinajstić information content (AvgIpc) is 2.26. The maximum Gasteiger partial charge on any atom is 0.143 e. The van der Waals surface area contributed by atoms with Crippen LogP contribution in [0.25, 0.3) is 0 Å². The predicted molar refractivity (Wildman–Crippen MR) is 70.0 cm³/mol. The third-order valence-electron chi connectivity index (χ3n) is 2.91. The van der Waals surface area contributed by atoms with Gasteiger partial charge in [-0.1, -0.05) is 19.3 Å². The van der Waals surface area contributed by atoms with Gasteiger partial charge in [-0.15, -0.1) is 0 Å². The van der Waals surface area contributed by atoms with Crippen LogP contribution in [0.3, 0.4) is 0 Å². The molecule has 0 spiro atoms. The molecule has 1 aromatic heterocycles. The molecule has 4 heteroatoms. The molecule has 0 aliphatic heterocycles. The van der Waals surface area contributed by atoms with Gasteiger partial charge in [0.2, 0.25) is 0 Å². The highest BCUT2D eigenvalue weighted by molar-refractivity contribution is 14.1. The van der Waals surface area contributed by atoms with Gasteiger partial charge in [-0.05, 0) is 42.4 Å². The van der Waals surface area contributed by atoms with Crippen molar-refractivity contribution in [2.45, 2.75) is 45.1 Å². The highest BCUT2D eigenvalue weighted by Gasteiger charge is 2.15. The Bertz CT molecular complexity index is 335. The molecule has 1 N–H and O–H groups in total. The first kappa shape index (κ1) is 11.1. The van der Waals surface area contributed by atoms with Crippen molar-refractivity contribution in [3.63, 3.8) is 0 Å². The number of nitrogens with one attached hydrogen (secondary N) is 1. The second-order valence-electron chi connectivity index (χ2n) is 4.10. The topological polar surface area (TPSA) is 37.8 Å². The van der Waals surface area contributed by atoms with E-state index in [1.54, 1.807) is 6.33 Å². The fourth-order valence-corrected chi connectivity index (χ4v) is 2.43. The van der Waals surface area contributed by atoms with Crippen molar-refractivity contribution in [1.29, 1.82) is 0 Å². The quantitative estimate of drug-likeness (QED) is 0.852. The predicted octanol–water partition coefficient (Wildman–Crippen LogP) is 3.13. The van der Waals surface area contributed by atoms with E-state index in [9.17, 15) is 0 Å². The van der Waals surface area contributed by atoms with E-state index < -0.39 is 0 Å². The fourth-order valence-electron chi connectivity index (χ4n) is 2.00. The van der Waals surface area contributed by atoms with Gasteiger partial charge in [0.25, 0.3) is 0 Å². The Hall–Kier alpha value is -0.390. The smallest absolute Gasteiger partial charge is 0.143 e. The Morgan fingerprint density at radius 1 is 1.27 bits per heavy atom. The molecule has 3 nitrogen and oxygen atoms in total. The summed E-state index contributed by atoms with van der Waals surface area (Å²) in [7, 11) is 0. The first-order chi connectivity index (χ1) is 7.27. The Morgan fingerprint density at radius 3 is 2.73 bits per heavy atom. The molecule has 0 radical (unpaired) electrons. The van der Waals surface area contributed by atoms with Gasteiger partial charge in [0.15, 0.2) is 0 Å². The molecule has 0 bridgehead atoms. The summed E-state index contributed by atoms with van der Waals surface area (Å²) in [5.41, 5.74) is 1.06. The minimum Gasteiger partial charge on any atom is -0.366 e. The number of nitrogens with zero attached hydrogens (tertiary/aromatic N) is 2. The third kappa shape index (κ3) is 2.80. The average molecular weight is 317 g/mol. The van der Waals surface area contributed by atoms with Crippen LogP contribution in [0.5, 0.6) is 0 Å². The third-order valence-corrected chi connectivity index (χ3v) is 4.20. The molecule has 1 aliphatic carbocycles. The maximum atomic E-state index is 4.30. The van der Waals surface area contributed by atoms with Crippen molar-refractivity contribution in [1.82, 2.24) is 9.97 Å². The van der Waals surface area contributed by atoms with Crippen molar-refractivity contribution in [3.05, 3.63) is 15.6 Å². The first-order valence-electron chi connectivity index (χ1n) is 5.51. The summed E-state index contributed by atoms with van der Waals surface area (Å²) < 4.78 is 1.15. The molecule has 1 heterocycles. The van der Waals surface area contributed by atoms with Gasteiger partial charge in [0.05, 0.1) is 9.26 Å². The number of halogens is 1. The van der Waals surface area contributed by atoms with E-state index in [-0.39, 0.29) is 0 Å². The molecule has 1 saturated carbocycles. The summed E-state index contributed by atoms with van der Waals surface area (Å²) in [5.74, 6) is 1.01. The Kier molecular flexibility index (Phi) is 3.77. The molecule has 2 rings (SSSR count). The SMILES string of the molecule is Cc1ncnc(NC2CCCCC2)c1I. The molecule has 0 saturated heterocycles. The summed E-state index contributed by atoms with van der Waals surface area (Å²) in [6.07, 6.45) is 8.27. The van der Waals surface area contributed by atoms with Crippen molar-refractivity contribution < 1.29 is 0 Å². The van der Waals surface area contributed by atoms with Crippen molar-refractivity contribution >= 4 is 28.4 Å². The van der Waals surface area contributed by atoms with Crippen LogP contribution in [0.2, 0.25) is 0 Å². The molecular weight excluding hydrogens is 301 g/mol. The van der Waals surface area contributed by atoms with E-state index in [1.807, 2.05) is 6.92 Å². The van der Waals surface area contributed by atoms with Crippen LogP contribution in [-0.4, -0.2) is 16.0 Å². The van der Waals surface area contributed by atoms with Crippen LogP contribution in [0.4, 0.5) is 5.82 Å². The summed E-state index contributed by atoms with van der Waals surface area (Å²) in [4.78, 5) is 8.48. The molecule has 15 heavy (non-hydrogen) atoms. The largest absolute Gasteiger partial charge is 0.366 e. The van der Waals surface area contributed by atoms with Crippen LogP contribution in [-0.2, 0) is 0 Å². The maximum absolute atomic E-state index is 4.30. The number of hydrogen-bond donors (Lipinski definition) is 1. The van der Waals surface area contributed by atoms with Crippen molar-refractivity contribution in [3.8, 4) is 0 Å². The van der Waals surface area contributed by atoms with Crippen LogP contribution in [0.15, 0.2) is 6.33 Å². The van der Waals surface area contributed by atoms with Gasteiger partial charge in [0, 0.05) is 6.04 Å². The van der Waals surface area contributed by atoms with E-state index in [1.165, 1.54) is 32.1 Å². The van der Waals surface area contributed by atoms with E-state index in [0.717, 1.165) is 15.1 Å².